The Morgan fingerprint density at radius 2 is 2.08 bits per heavy atom. The number of Topliss-reactive ketones (excluding diaryl/α,β-unsaturated/α-hetero) is 1. The Morgan fingerprint density at radius 1 is 1.27 bits per heavy atom. The number of hydrogen-bond acceptors (Lipinski definition) is 7. The first kappa shape index (κ1) is 18.4. The van der Waals surface area contributed by atoms with Gasteiger partial charge in [0.1, 0.15) is 16.7 Å². The van der Waals surface area contributed by atoms with Crippen LogP contribution < -0.4 is 5.32 Å². The Hall–Kier alpha value is -2.38. The fraction of sp³-hybridized carbons (Fsp3) is 0.368. The topological polar surface area (TPSA) is 88.0 Å². The molecule has 0 fully saturated rings. The summed E-state index contributed by atoms with van der Waals surface area (Å²) >= 11 is 1.31. The number of ketones is 1. The molecule has 0 saturated carbocycles. The van der Waals surface area contributed by atoms with E-state index in [1.54, 1.807) is 0 Å². The molecule has 7 heteroatoms. The highest BCUT2D eigenvalue weighted by molar-refractivity contribution is 7.20. The molecule has 2 aromatic heterocycles. The molecule has 0 saturated heterocycles. The first-order chi connectivity index (χ1) is 12.7. The Morgan fingerprint density at radius 3 is 2.85 bits per heavy atom. The van der Waals surface area contributed by atoms with E-state index in [-0.39, 0.29) is 5.78 Å². The van der Waals surface area contributed by atoms with Crippen molar-refractivity contribution in [3.8, 4) is 0 Å². The number of aliphatic hydroxyl groups excluding tert-OH is 1. The average molecular weight is 370 g/mol. The number of aromatic nitrogens is 3. The van der Waals surface area contributed by atoms with Crippen LogP contribution in [0.5, 0.6) is 0 Å². The van der Waals surface area contributed by atoms with Crippen molar-refractivity contribution < 1.29 is 9.90 Å². The summed E-state index contributed by atoms with van der Waals surface area (Å²) in [6, 6.07) is 9.55. The van der Waals surface area contributed by atoms with Crippen LogP contribution in [0.3, 0.4) is 0 Å². The molecule has 0 amide bonds. The molecule has 0 bridgehead atoms. The van der Waals surface area contributed by atoms with Gasteiger partial charge in [-0.05, 0) is 18.4 Å². The van der Waals surface area contributed by atoms with Crippen LogP contribution in [-0.2, 0) is 0 Å². The van der Waals surface area contributed by atoms with Gasteiger partial charge in [0.25, 0.3) is 0 Å². The van der Waals surface area contributed by atoms with Gasteiger partial charge in [0.2, 0.25) is 0 Å². The molecule has 1 aromatic carbocycles. The second-order valence-corrected chi connectivity index (χ2v) is 7.04. The summed E-state index contributed by atoms with van der Waals surface area (Å²) in [4.78, 5) is 25.8. The Labute approximate surface area is 156 Å². The lowest BCUT2D eigenvalue weighted by atomic mass is 10.1. The fourth-order valence-electron chi connectivity index (χ4n) is 2.62. The molecule has 0 aliphatic heterocycles. The number of aliphatic hydroxyl groups is 1. The number of anilines is 1. The van der Waals surface area contributed by atoms with Crippen LogP contribution in [-0.4, -0.2) is 32.4 Å². The van der Waals surface area contributed by atoms with Crippen LogP contribution in [0.1, 0.15) is 54.1 Å². The molecular weight excluding hydrogens is 348 g/mol. The number of rotatable bonds is 9. The van der Waals surface area contributed by atoms with E-state index in [9.17, 15) is 9.90 Å². The first-order valence-corrected chi connectivity index (χ1v) is 9.62. The van der Waals surface area contributed by atoms with Gasteiger partial charge in [-0.25, -0.2) is 15.0 Å². The highest BCUT2D eigenvalue weighted by Crippen LogP contribution is 2.26. The number of thiazole rings is 1. The van der Waals surface area contributed by atoms with E-state index in [0.717, 1.165) is 18.4 Å². The molecule has 1 unspecified atom stereocenters. The van der Waals surface area contributed by atoms with Crippen molar-refractivity contribution in [2.75, 3.05) is 11.9 Å². The third kappa shape index (κ3) is 4.42. The Balaban J connectivity index is 1.66. The lowest BCUT2D eigenvalue weighted by Gasteiger charge is -2.11. The average Bonchev–Trinajstić information content (AvgIpc) is 3.12. The summed E-state index contributed by atoms with van der Waals surface area (Å²) in [5.41, 5.74) is 1.51. The minimum atomic E-state index is -0.539. The second kappa shape index (κ2) is 8.82. The number of nitrogens with zero attached hydrogens (tertiary/aromatic N) is 3. The zero-order valence-corrected chi connectivity index (χ0v) is 15.5. The van der Waals surface area contributed by atoms with Crippen molar-refractivity contribution >= 4 is 33.3 Å². The van der Waals surface area contributed by atoms with Crippen LogP contribution in [0.4, 0.5) is 5.82 Å². The van der Waals surface area contributed by atoms with E-state index in [1.807, 2.05) is 30.3 Å². The van der Waals surface area contributed by atoms with Gasteiger partial charge in [0, 0.05) is 13.0 Å². The van der Waals surface area contributed by atoms with E-state index in [4.69, 9.17) is 0 Å². The van der Waals surface area contributed by atoms with Gasteiger partial charge in [-0.3, -0.25) is 4.79 Å². The molecule has 26 heavy (non-hydrogen) atoms. The number of benzene rings is 1. The minimum absolute atomic E-state index is 0.0558. The molecular formula is C19H22N4O2S. The lowest BCUT2D eigenvalue weighted by molar-refractivity contribution is 0.0979. The van der Waals surface area contributed by atoms with E-state index < -0.39 is 6.10 Å². The zero-order chi connectivity index (χ0) is 18.4. The van der Waals surface area contributed by atoms with E-state index >= 15 is 0 Å². The van der Waals surface area contributed by atoms with Crippen molar-refractivity contribution in [2.45, 2.75) is 38.7 Å². The summed E-state index contributed by atoms with van der Waals surface area (Å²) in [6.45, 7) is 2.60. The molecule has 136 valence electrons. The quantitative estimate of drug-likeness (QED) is 0.554. The summed E-state index contributed by atoms with van der Waals surface area (Å²) in [5.74, 6) is 0.654. The molecule has 0 spiro atoms. The lowest BCUT2D eigenvalue weighted by Crippen LogP contribution is -2.09. The molecule has 3 rings (SSSR count). The number of nitrogens with one attached hydrogen (secondary N) is 1. The molecule has 0 aliphatic rings. The van der Waals surface area contributed by atoms with Gasteiger partial charge in [-0.15, -0.1) is 0 Å². The molecule has 0 aliphatic carbocycles. The van der Waals surface area contributed by atoms with Gasteiger partial charge in [0.05, 0.1) is 6.10 Å². The van der Waals surface area contributed by atoms with Crippen LogP contribution in [0.15, 0.2) is 36.7 Å². The fourth-order valence-corrected chi connectivity index (χ4v) is 3.49. The van der Waals surface area contributed by atoms with Crippen molar-refractivity contribution in [3.05, 3.63) is 47.2 Å². The molecule has 3 aromatic rings. The van der Waals surface area contributed by atoms with Gasteiger partial charge in [-0.1, -0.05) is 55.0 Å². The molecule has 1 atom stereocenters. The SMILES string of the molecule is CCCCC(=O)c1nc2c(NCCC(O)c3ccccc3)ncnc2s1. The Kier molecular flexibility index (Phi) is 6.25. The normalized spacial score (nSPS) is 12.2. The maximum Gasteiger partial charge on any atom is 0.191 e. The monoisotopic (exact) mass is 370 g/mol. The maximum absolute atomic E-state index is 12.2. The summed E-state index contributed by atoms with van der Waals surface area (Å²) < 4.78 is 0. The highest BCUT2D eigenvalue weighted by atomic mass is 32.1. The number of carbonyl (C=O) groups excluding carboxylic acids is 1. The van der Waals surface area contributed by atoms with E-state index in [2.05, 4.69) is 27.2 Å². The van der Waals surface area contributed by atoms with Crippen LogP contribution in [0.2, 0.25) is 0 Å². The largest absolute Gasteiger partial charge is 0.388 e. The second-order valence-electron chi connectivity index (χ2n) is 6.06. The van der Waals surface area contributed by atoms with Crippen LogP contribution in [0, 0.1) is 0 Å². The Bertz CT molecular complexity index is 866. The zero-order valence-electron chi connectivity index (χ0n) is 14.7. The molecule has 6 nitrogen and oxygen atoms in total. The number of unbranched alkanes of at least 4 members (excludes halogenated alkanes) is 1. The summed E-state index contributed by atoms with van der Waals surface area (Å²) in [5, 5.41) is 13.9. The van der Waals surface area contributed by atoms with Crippen molar-refractivity contribution in [1.29, 1.82) is 0 Å². The van der Waals surface area contributed by atoms with Crippen LogP contribution in [0.25, 0.3) is 10.3 Å². The molecule has 0 radical (unpaired) electrons. The number of carbonyl (C=O) groups is 1. The smallest absolute Gasteiger partial charge is 0.191 e. The predicted molar refractivity (Wildman–Crippen MR) is 104 cm³/mol. The van der Waals surface area contributed by atoms with Gasteiger partial charge in [0.15, 0.2) is 16.6 Å². The highest BCUT2D eigenvalue weighted by Gasteiger charge is 2.16. The van der Waals surface area contributed by atoms with E-state index in [0.29, 0.717) is 40.6 Å². The molecule has 2 N–H and O–H groups in total. The van der Waals surface area contributed by atoms with Crippen molar-refractivity contribution in [1.82, 2.24) is 15.0 Å². The maximum atomic E-state index is 12.2. The summed E-state index contributed by atoms with van der Waals surface area (Å²) in [6.07, 6.45) is 3.83. The summed E-state index contributed by atoms with van der Waals surface area (Å²) in [7, 11) is 0. The van der Waals surface area contributed by atoms with Crippen LogP contribution >= 0.6 is 11.3 Å². The van der Waals surface area contributed by atoms with Gasteiger partial charge in [-0.2, -0.15) is 0 Å². The standard InChI is InChI=1S/C19H22N4O2S/c1-2-3-9-15(25)18-23-16-17(21-12-22-19(16)26-18)20-11-10-14(24)13-7-5-4-6-8-13/h4-8,12,14,24H,2-3,9-11H2,1H3,(H,20,21,22). The number of fused-ring (bicyclic) bond motifs is 1. The third-order valence-corrected chi connectivity index (χ3v) is 5.09. The van der Waals surface area contributed by atoms with Gasteiger partial charge < -0.3 is 10.4 Å². The van der Waals surface area contributed by atoms with E-state index in [1.165, 1.54) is 17.7 Å². The first-order valence-electron chi connectivity index (χ1n) is 8.80. The van der Waals surface area contributed by atoms with Gasteiger partial charge >= 0.3 is 0 Å². The van der Waals surface area contributed by atoms with Crippen molar-refractivity contribution in [2.24, 2.45) is 0 Å². The molecule has 2 heterocycles. The number of hydrogen-bond donors (Lipinski definition) is 2. The van der Waals surface area contributed by atoms with Crippen molar-refractivity contribution in [3.63, 3.8) is 0 Å². The third-order valence-electron chi connectivity index (χ3n) is 4.09. The predicted octanol–water partition coefficient (Wildman–Crippen LogP) is 3.99. The minimum Gasteiger partial charge on any atom is -0.388 e.